The molecule has 0 atom stereocenters. The minimum Gasteiger partial charge on any atom is -0.481 e. The fraction of sp³-hybridized carbons (Fsp3) is 0.250. The molecule has 1 saturated carbocycles. The van der Waals surface area contributed by atoms with Crippen LogP contribution in [0.2, 0.25) is 0 Å². The van der Waals surface area contributed by atoms with Crippen molar-refractivity contribution >= 4 is 29.0 Å². The second kappa shape index (κ2) is 13.3. The topological polar surface area (TPSA) is 110 Å². The molecule has 218 valence electrons. The van der Waals surface area contributed by atoms with Gasteiger partial charge in [0.05, 0.1) is 6.42 Å². The molecule has 0 saturated heterocycles. The van der Waals surface area contributed by atoms with E-state index in [2.05, 4.69) is 10.1 Å². The number of aliphatic carboxylic acids is 1. The van der Waals surface area contributed by atoms with E-state index in [4.69, 9.17) is 5.11 Å². The molecule has 1 aliphatic carbocycles. The van der Waals surface area contributed by atoms with Crippen molar-refractivity contribution in [3.05, 3.63) is 107 Å². The number of nitrogens with one attached hydrogen (secondary N) is 1. The molecule has 42 heavy (non-hydrogen) atoms. The summed E-state index contributed by atoms with van der Waals surface area (Å²) in [5.41, 5.74) is 1.96. The van der Waals surface area contributed by atoms with Crippen LogP contribution in [-0.2, 0) is 4.79 Å². The summed E-state index contributed by atoms with van der Waals surface area (Å²) in [5.74, 6) is -2.66. The summed E-state index contributed by atoms with van der Waals surface area (Å²) in [6.45, 7) is -0.0699. The van der Waals surface area contributed by atoms with Crippen LogP contribution in [0.15, 0.2) is 78.9 Å². The maximum absolute atomic E-state index is 13.6. The Labute approximate surface area is 240 Å². The highest BCUT2D eigenvalue weighted by molar-refractivity contribution is 6.32. The number of benzene rings is 3. The van der Waals surface area contributed by atoms with E-state index in [1.165, 1.54) is 49.2 Å². The first-order valence-corrected chi connectivity index (χ1v) is 13.4. The van der Waals surface area contributed by atoms with Crippen LogP contribution in [0.1, 0.15) is 80.2 Å². The molecule has 1 amide bonds. The monoisotopic (exact) mass is 579 g/mol. The summed E-state index contributed by atoms with van der Waals surface area (Å²) in [6, 6.07) is 17.3. The van der Waals surface area contributed by atoms with Crippen LogP contribution >= 0.6 is 0 Å². The number of allylic oxidation sites excluding steroid dienone is 2. The van der Waals surface area contributed by atoms with Crippen molar-refractivity contribution in [3.8, 4) is 5.75 Å². The van der Waals surface area contributed by atoms with Gasteiger partial charge in [0.15, 0.2) is 11.6 Å². The van der Waals surface area contributed by atoms with Crippen LogP contribution in [0.3, 0.4) is 0 Å². The molecule has 0 unspecified atom stereocenters. The van der Waals surface area contributed by atoms with Gasteiger partial charge >= 0.3 is 12.3 Å². The van der Waals surface area contributed by atoms with E-state index in [1.54, 1.807) is 12.1 Å². The van der Waals surface area contributed by atoms with Gasteiger partial charge in [-0.3, -0.25) is 19.2 Å². The Balaban J connectivity index is 1.60. The largest absolute Gasteiger partial charge is 0.573 e. The summed E-state index contributed by atoms with van der Waals surface area (Å²) < 4.78 is 41.9. The fourth-order valence-electron chi connectivity index (χ4n) is 4.82. The number of hydrogen-bond donors (Lipinski definition) is 2. The molecule has 0 radical (unpaired) electrons. The number of alkyl halides is 3. The van der Waals surface area contributed by atoms with Crippen LogP contribution < -0.4 is 10.1 Å². The highest BCUT2D eigenvalue weighted by atomic mass is 19.4. The average molecular weight is 580 g/mol. The van der Waals surface area contributed by atoms with Crippen LogP contribution in [0.5, 0.6) is 5.75 Å². The van der Waals surface area contributed by atoms with Crippen LogP contribution in [0, 0.1) is 0 Å². The molecule has 10 heteroatoms. The molecule has 0 bridgehead atoms. The Morgan fingerprint density at radius 2 is 1.36 bits per heavy atom. The summed E-state index contributed by atoms with van der Waals surface area (Å²) in [7, 11) is 0. The number of carboxylic acids is 1. The van der Waals surface area contributed by atoms with E-state index >= 15 is 0 Å². The number of halogens is 3. The number of carboxylic acid groups (broad SMARTS) is 1. The first-order valence-electron chi connectivity index (χ1n) is 13.4. The van der Waals surface area contributed by atoms with Gasteiger partial charge in [-0.1, -0.05) is 61.4 Å². The number of carbonyl (C=O) groups excluding carboxylic acids is 3. The van der Waals surface area contributed by atoms with Gasteiger partial charge in [0.1, 0.15) is 5.75 Å². The quantitative estimate of drug-likeness (QED) is 0.196. The molecule has 0 aliphatic heterocycles. The molecular weight excluding hydrogens is 551 g/mol. The molecule has 7 nitrogen and oxygen atoms in total. The standard InChI is InChI=1S/C32H28F3NO6/c33-32(34,35)42-26-15-13-22(14-16-26)27(19-28(37)23-7-5-21(6-8-23)20-3-1-2-4-20)30(40)24-9-11-25(12-10-24)31(41)36-18-17-29(38)39/h5-16,19-20H,1-4,17-18H2,(H,36,41)(H,38,39)/b27-19+. The predicted octanol–water partition coefficient (Wildman–Crippen LogP) is 6.60. The van der Waals surface area contributed by atoms with Gasteiger partial charge < -0.3 is 15.2 Å². The number of rotatable bonds is 11. The van der Waals surface area contributed by atoms with E-state index in [-0.39, 0.29) is 35.2 Å². The third kappa shape index (κ3) is 8.15. The van der Waals surface area contributed by atoms with E-state index in [0.717, 1.165) is 36.6 Å². The van der Waals surface area contributed by atoms with Crippen molar-refractivity contribution in [1.82, 2.24) is 5.32 Å². The first-order chi connectivity index (χ1) is 20.0. The minimum absolute atomic E-state index is 0.0583. The highest BCUT2D eigenvalue weighted by Crippen LogP contribution is 2.34. The number of amides is 1. The highest BCUT2D eigenvalue weighted by Gasteiger charge is 2.31. The lowest BCUT2D eigenvalue weighted by Crippen LogP contribution is -2.26. The molecule has 4 rings (SSSR count). The maximum Gasteiger partial charge on any atom is 0.573 e. The number of hydrogen-bond acceptors (Lipinski definition) is 5. The number of ketones is 2. The van der Waals surface area contributed by atoms with Gasteiger partial charge in [-0.15, -0.1) is 13.2 Å². The van der Waals surface area contributed by atoms with Gasteiger partial charge in [0.2, 0.25) is 0 Å². The Hall–Kier alpha value is -4.73. The average Bonchev–Trinajstić information content (AvgIpc) is 3.50. The smallest absolute Gasteiger partial charge is 0.481 e. The summed E-state index contributed by atoms with van der Waals surface area (Å²) >= 11 is 0. The van der Waals surface area contributed by atoms with Crippen molar-refractivity contribution in [2.24, 2.45) is 0 Å². The maximum atomic E-state index is 13.6. The third-order valence-electron chi connectivity index (χ3n) is 6.97. The van der Waals surface area contributed by atoms with E-state index in [9.17, 15) is 32.3 Å². The number of carbonyl (C=O) groups is 4. The normalized spacial score (nSPS) is 13.9. The zero-order valence-electron chi connectivity index (χ0n) is 22.4. The first kappa shape index (κ1) is 30.2. The molecule has 1 aliphatic rings. The number of ether oxygens (including phenoxy) is 1. The Morgan fingerprint density at radius 1 is 0.810 bits per heavy atom. The minimum atomic E-state index is -4.89. The molecule has 3 aromatic carbocycles. The lowest BCUT2D eigenvalue weighted by Gasteiger charge is -2.12. The van der Waals surface area contributed by atoms with Crippen molar-refractivity contribution < 1.29 is 42.2 Å². The Bertz CT molecular complexity index is 1470. The van der Waals surface area contributed by atoms with Gasteiger partial charge in [0.25, 0.3) is 5.91 Å². The fourth-order valence-corrected chi connectivity index (χ4v) is 4.82. The van der Waals surface area contributed by atoms with Crippen LogP contribution in [0.25, 0.3) is 5.57 Å². The van der Waals surface area contributed by atoms with Crippen molar-refractivity contribution in [2.75, 3.05) is 6.54 Å². The number of Topliss-reactive ketones (excluding diaryl/α,β-unsaturated/α-hetero) is 1. The zero-order chi connectivity index (χ0) is 30.3. The van der Waals surface area contributed by atoms with E-state index in [1.807, 2.05) is 12.1 Å². The van der Waals surface area contributed by atoms with Crippen molar-refractivity contribution in [2.45, 2.75) is 44.4 Å². The summed E-state index contributed by atoms with van der Waals surface area (Å²) in [5, 5.41) is 11.2. The van der Waals surface area contributed by atoms with E-state index < -0.39 is 35.6 Å². The van der Waals surface area contributed by atoms with Crippen LogP contribution in [-0.4, -0.2) is 41.5 Å². The van der Waals surface area contributed by atoms with E-state index in [0.29, 0.717) is 11.5 Å². The van der Waals surface area contributed by atoms with Crippen molar-refractivity contribution in [1.29, 1.82) is 0 Å². The van der Waals surface area contributed by atoms with Gasteiger partial charge in [-0.05, 0) is 60.2 Å². The second-order valence-electron chi connectivity index (χ2n) is 9.90. The Kier molecular flexibility index (Phi) is 9.57. The lowest BCUT2D eigenvalue weighted by atomic mass is 9.92. The second-order valence-corrected chi connectivity index (χ2v) is 9.90. The Morgan fingerprint density at radius 3 is 1.93 bits per heavy atom. The summed E-state index contributed by atoms with van der Waals surface area (Å²) in [6.07, 6.45) is 0.550. The van der Waals surface area contributed by atoms with Gasteiger partial charge in [-0.25, -0.2) is 0 Å². The SMILES string of the molecule is O=C(O)CCNC(=O)c1ccc(C(=O)/C(=C/C(=O)c2ccc(C3CCCC3)cc2)c2ccc(OC(F)(F)F)cc2)cc1. The molecule has 2 N–H and O–H groups in total. The van der Waals surface area contributed by atoms with Crippen LogP contribution in [0.4, 0.5) is 13.2 Å². The molecule has 3 aromatic rings. The molecule has 0 heterocycles. The summed E-state index contributed by atoms with van der Waals surface area (Å²) in [4.78, 5) is 49.8. The molecule has 0 spiro atoms. The predicted molar refractivity (Wildman–Crippen MR) is 148 cm³/mol. The molecule has 0 aromatic heterocycles. The molecule has 1 fully saturated rings. The van der Waals surface area contributed by atoms with Gasteiger partial charge in [-0.2, -0.15) is 0 Å². The molecular formula is C32H28F3NO6. The van der Waals surface area contributed by atoms with Crippen molar-refractivity contribution in [3.63, 3.8) is 0 Å². The zero-order valence-corrected chi connectivity index (χ0v) is 22.4. The lowest BCUT2D eigenvalue weighted by molar-refractivity contribution is -0.274. The third-order valence-corrected chi connectivity index (χ3v) is 6.97. The van der Waals surface area contributed by atoms with Gasteiger partial charge in [0, 0.05) is 28.8 Å².